The van der Waals surface area contributed by atoms with Gasteiger partial charge in [-0.05, 0) is 43.2 Å². The summed E-state index contributed by atoms with van der Waals surface area (Å²) < 4.78 is 28.9. The van der Waals surface area contributed by atoms with Crippen LogP contribution in [0.3, 0.4) is 0 Å². The number of aromatic nitrogens is 1. The monoisotopic (exact) mass is 386 g/mol. The average molecular weight is 386 g/mol. The molecule has 2 aromatic carbocycles. The number of aromatic hydroxyl groups is 1. The Morgan fingerprint density at radius 1 is 1.21 bits per heavy atom. The van der Waals surface area contributed by atoms with E-state index in [9.17, 15) is 23.5 Å². The fourth-order valence-electron chi connectivity index (χ4n) is 3.62. The number of fused-ring (bicyclic) bond motifs is 1. The van der Waals surface area contributed by atoms with E-state index >= 15 is 0 Å². The van der Waals surface area contributed by atoms with E-state index in [1.165, 1.54) is 28.8 Å². The quantitative estimate of drug-likeness (QED) is 0.695. The number of nitrogens with two attached hydrogens (primary N) is 1. The van der Waals surface area contributed by atoms with Crippen LogP contribution in [0, 0.1) is 18.6 Å². The van der Waals surface area contributed by atoms with E-state index < -0.39 is 35.1 Å². The van der Waals surface area contributed by atoms with Gasteiger partial charge in [0.2, 0.25) is 5.91 Å². The smallest absolute Gasteiger partial charge is 0.262 e. The molecule has 0 fully saturated rings. The van der Waals surface area contributed by atoms with E-state index in [1.54, 1.807) is 6.92 Å². The van der Waals surface area contributed by atoms with Crippen LogP contribution < -0.4 is 5.73 Å². The lowest BCUT2D eigenvalue weighted by Gasteiger charge is -2.14. The highest BCUT2D eigenvalue weighted by Gasteiger charge is 2.28. The van der Waals surface area contributed by atoms with E-state index in [-0.39, 0.29) is 11.1 Å². The molecule has 0 spiro atoms. The molecule has 0 saturated heterocycles. The predicted octanol–water partition coefficient (Wildman–Crippen LogP) is 3.99. The van der Waals surface area contributed by atoms with Gasteiger partial charge >= 0.3 is 0 Å². The van der Waals surface area contributed by atoms with Gasteiger partial charge in [0.25, 0.3) is 5.91 Å². The number of phenols is 1. The minimum atomic E-state index is -0.907. The minimum absolute atomic E-state index is 0.0751. The second kappa shape index (κ2) is 7.42. The number of primary amides is 1. The van der Waals surface area contributed by atoms with Crippen molar-refractivity contribution < 1.29 is 23.5 Å². The molecule has 28 heavy (non-hydrogen) atoms. The first-order valence-electron chi connectivity index (χ1n) is 8.89. The molecule has 3 rings (SSSR count). The summed E-state index contributed by atoms with van der Waals surface area (Å²) in [6, 6.07) is 7.37. The molecule has 0 aliphatic heterocycles. The number of rotatable bonds is 5. The number of carbonyl (C=O) groups excluding carboxylic acids is 2. The third-order valence-corrected chi connectivity index (χ3v) is 4.87. The summed E-state index contributed by atoms with van der Waals surface area (Å²) >= 11 is 0. The zero-order chi connectivity index (χ0) is 20.6. The van der Waals surface area contributed by atoms with Crippen molar-refractivity contribution in [3.63, 3.8) is 0 Å². The molecule has 0 aliphatic carbocycles. The Morgan fingerprint density at radius 3 is 2.54 bits per heavy atom. The Morgan fingerprint density at radius 2 is 1.93 bits per heavy atom. The molecule has 0 bridgehead atoms. The van der Waals surface area contributed by atoms with E-state index in [1.807, 2.05) is 6.92 Å². The number of nitrogens with zero attached hydrogens (tertiary/aromatic N) is 1. The van der Waals surface area contributed by atoms with Gasteiger partial charge < -0.3 is 10.8 Å². The second-order valence-electron chi connectivity index (χ2n) is 6.71. The summed E-state index contributed by atoms with van der Waals surface area (Å²) in [7, 11) is 0. The van der Waals surface area contributed by atoms with Gasteiger partial charge in [-0.1, -0.05) is 19.4 Å². The van der Waals surface area contributed by atoms with Gasteiger partial charge in [-0.25, -0.2) is 8.78 Å². The average Bonchev–Trinajstić information content (AvgIpc) is 2.90. The fraction of sp³-hybridized carbons (Fsp3) is 0.238. The predicted molar refractivity (Wildman–Crippen MR) is 101 cm³/mol. The van der Waals surface area contributed by atoms with Crippen LogP contribution in [-0.2, 0) is 4.79 Å². The van der Waals surface area contributed by atoms with Crippen molar-refractivity contribution in [1.82, 2.24) is 4.57 Å². The van der Waals surface area contributed by atoms with E-state index in [4.69, 9.17) is 5.73 Å². The number of amides is 1. The Kier molecular flexibility index (Phi) is 5.18. The summed E-state index contributed by atoms with van der Waals surface area (Å²) in [5.41, 5.74) is 6.69. The van der Waals surface area contributed by atoms with Gasteiger partial charge in [0.15, 0.2) is 11.6 Å². The van der Waals surface area contributed by atoms with Gasteiger partial charge in [0, 0.05) is 22.7 Å². The van der Waals surface area contributed by atoms with Gasteiger partial charge in [0.1, 0.15) is 5.82 Å². The number of phenolic OH excluding ortho intramolecular Hbond substituents is 1. The number of carbonyl (C=O) groups is 2. The van der Waals surface area contributed by atoms with Crippen LogP contribution in [0.15, 0.2) is 36.4 Å². The Labute approximate surface area is 160 Å². The number of hydrogen-bond donors (Lipinski definition) is 2. The minimum Gasteiger partial charge on any atom is -0.505 e. The number of benzene rings is 2. The van der Waals surface area contributed by atoms with E-state index in [2.05, 4.69) is 0 Å². The standard InChI is InChI=1S/C21H20F2N2O3/c1-3-5-14(20(24)27)19-11(2)25(17-10-16(23)18(26)9-15(17)19)21(28)12-6-4-7-13(22)8-12/h4,6-10,14,26H,3,5H2,1-2H3,(H2,24,27). The molecule has 1 aromatic heterocycles. The lowest BCUT2D eigenvalue weighted by atomic mass is 9.91. The van der Waals surface area contributed by atoms with Crippen molar-refractivity contribution in [3.05, 3.63) is 64.9 Å². The molecular formula is C21H20F2N2O3. The van der Waals surface area contributed by atoms with Crippen LogP contribution in [0.4, 0.5) is 8.78 Å². The Hall–Kier alpha value is -3.22. The van der Waals surface area contributed by atoms with Crippen molar-refractivity contribution in [3.8, 4) is 5.75 Å². The molecule has 3 N–H and O–H groups in total. The summed E-state index contributed by atoms with van der Waals surface area (Å²) in [6.07, 6.45) is 1.09. The van der Waals surface area contributed by atoms with Crippen molar-refractivity contribution >= 4 is 22.7 Å². The largest absolute Gasteiger partial charge is 0.505 e. The maximum Gasteiger partial charge on any atom is 0.262 e. The molecule has 1 unspecified atom stereocenters. The van der Waals surface area contributed by atoms with Gasteiger partial charge in [-0.2, -0.15) is 0 Å². The van der Waals surface area contributed by atoms with Crippen LogP contribution in [0.25, 0.3) is 10.9 Å². The summed E-state index contributed by atoms with van der Waals surface area (Å²) in [5.74, 6) is -3.94. The zero-order valence-electron chi connectivity index (χ0n) is 15.5. The maximum atomic E-state index is 14.1. The molecule has 1 heterocycles. The zero-order valence-corrected chi connectivity index (χ0v) is 15.5. The lowest BCUT2D eigenvalue weighted by molar-refractivity contribution is -0.119. The molecule has 0 radical (unpaired) electrons. The van der Waals surface area contributed by atoms with E-state index in [0.29, 0.717) is 29.5 Å². The molecule has 5 nitrogen and oxygen atoms in total. The molecule has 0 aliphatic rings. The van der Waals surface area contributed by atoms with Gasteiger partial charge in [0.05, 0.1) is 11.4 Å². The molecule has 1 amide bonds. The SMILES string of the molecule is CCCC(C(N)=O)c1c(C)n(C(=O)c2cccc(F)c2)c2cc(F)c(O)cc12. The first-order chi connectivity index (χ1) is 13.3. The second-order valence-corrected chi connectivity index (χ2v) is 6.71. The van der Waals surface area contributed by atoms with Crippen molar-refractivity contribution in [2.24, 2.45) is 5.73 Å². The molecule has 146 valence electrons. The highest BCUT2D eigenvalue weighted by molar-refractivity contribution is 6.05. The van der Waals surface area contributed by atoms with Crippen molar-refractivity contribution in [1.29, 1.82) is 0 Å². The Balaban J connectivity index is 2.34. The number of halogens is 2. The van der Waals surface area contributed by atoms with Crippen LogP contribution in [0.2, 0.25) is 0 Å². The topological polar surface area (TPSA) is 85.3 Å². The van der Waals surface area contributed by atoms with Crippen LogP contribution >= 0.6 is 0 Å². The summed E-state index contributed by atoms with van der Waals surface area (Å²) in [4.78, 5) is 25.2. The van der Waals surface area contributed by atoms with Crippen molar-refractivity contribution in [2.75, 3.05) is 0 Å². The first-order valence-corrected chi connectivity index (χ1v) is 8.89. The third-order valence-electron chi connectivity index (χ3n) is 4.87. The lowest BCUT2D eigenvalue weighted by Crippen LogP contribution is -2.22. The first kappa shape index (κ1) is 19.5. The van der Waals surface area contributed by atoms with Crippen molar-refractivity contribution in [2.45, 2.75) is 32.6 Å². The van der Waals surface area contributed by atoms with Gasteiger partial charge in [-0.3, -0.25) is 14.2 Å². The van der Waals surface area contributed by atoms with Gasteiger partial charge in [-0.15, -0.1) is 0 Å². The summed E-state index contributed by atoms with van der Waals surface area (Å²) in [5, 5.41) is 10.2. The molecule has 1 atom stereocenters. The highest BCUT2D eigenvalue weighted by Crippen LogP contribution is 2.37. The fourth-order valence-corrected chi connectivity index (χ4v) is 3.62. The third kappa shape index (κ3) is 3.24. The summed E-state index contributed by atoms with van der Waals surface area (Å²) in [6.45, 7) is 3.51. The van der Waals surface area contributed by atoms with Crippen LogP contribution in [0.5, 0.6) is 5.75 Å². The highest BCUT2D eigenvalue weighted by atomic mass is 19.1. The molecular weight excluding hydrogens is 366 g/mol. The molecule has 0 saturated carbocycles. The molecule has 7 heteroatoms. The number of hydrogen-bond acceptors (Lipinski definition) is 3. The van der Waals surface area contributed by atoms with E-state index in [0.717, 1.165) is 12.1 Å². The van der Waals surface area contributed by atoms with Crippen LogP contribution in [0.1, 0.15) is 47.3 Å². The van der Waals surface area contributed by atoms with Crippen LogP contribution in [-0.4, -0.2) is 21.5 Å². The Bertz CT molecular complexity index is 1090. The molecule has 3 aromatic rings. The maximum absolute atomic E-state index is 14.1. The normalized spacial score (nSPS) is 12.3.